The topological polar surface area (TPSA) is 102 Å². The second-order valence-corrected chi connectivity index (χ2v) is 7.89. The van der Waals surface area contributed by atoms with Gasteiger partial charge in [-0.1, -0.05) is 17.7 Å². The van der Waals surface area contributed by atoms with E-state index in [1.165, 1.54) is 18.2 Å². The Morgan fingerprint density at radius 2 is 1.97 bits per heavy atom. The number of nitro benzene ring substituents is 1. The van der Waals surface area contributed by atoms with E-state index >= 15 is 0 Å². The molecule has 2 amide bonds. The highest BCUT2D eigenvalue weighted by Crippen LogP contribution is 2.28. The van der Waals surface area contributed by atoms with Gasteiger partial charge in [-0.2, -0.15) is 0 Å². The highest BCUT2D eigenvalue weighted by Gasteiger charge is 2.35. The summed E-state index contributed by atoms with van der Waals surface area (Å²) < 4.78 is 5.42. The molecule has 1 N–H and O–H groups in total. The smallest absolute Gasteiger partial charge is 0.272 e. The third-order valence-corrected chi connectivity index (χ3v) is 5.67. The molecule has 8 nitrogen and oxygen atoms in total. The van der Waals surface area contributed by atoms with Gasteiger partial charge in [0.05, 0.1) is 18.1 Å². The molecule has 164 valence electrons. The van der Waals surface area contributed by atoms with Crippen molar-refractivity contribution in [3.8, 4) is 5.75 Å². The monoisotopic (exact) mass is 425 g/mol. The van der Waals surface area contributed by atoms with Crippen LogP contribution >= 0.6 is 0 Å². The summed E-state index contributed by atoms with van der Waals surface area (Å²) in [6, 6.07) is 9.20. The number of ether oxygens (including phenoxy) is 1. The van der Waals surface area contributed by atoms with Crippen LogP contribution < -0.4 is 10.1 Å². The fourth-order valence-electron chi connectivity index (χ4n) is 4.02. The summed E-state index contributed by atoms with van der Waals surface area (Å²) in [7, 11) is 1.59. The Balaban J connectivity index is 1.76. The second-order valence-electron chi connectivity index (χ2n) is 7.89. The third kappa shape index (κ3) is 4.68. The van der Waals surface area contributed by atoms with E-state index < -0.39 is 11.0 Å². The molecule has 1 heterocycles. The van der Waals surface area contributed by atoms with E-state index in [-0.39, 0.29) is 23.5 Å². The Labute approximate surface area is 181 Å². The summed E-state index contributed by atoms with van der Waals surface area (Å²) in [4.78, 5) is 38.2. The Kier molecular flexibility index (Phi) is 6.58. The molecule has 0 unspecified atom stereocenters. The molecule has 0 aliphatic carbocycles. The Bertz CT molecular complexity index is 1020. The molecule has 1 fully saturated rings. The first-order chi connectivity index (χ1) is 14.7. The van der Waals surface area contributed by atoms with E-state index in [9.17, 15) is 19.7 Å². The van der Waals surface area contributed by atoms with E-state index in [0.29, 0.717) is 29.8 Å². The summed E-state index contributed by atoms with van der Waals surface area (Å²) in [5, 5.41) is 14.0. The molecule has 0 saturated carbocycles. The molecule has 2 aromatic carbocycles. The summed E-state index contributed by atoms with van der Waals surface area (Å²) in [6.07, 6.45) is 1.29. The molecule has 31 heavy (non-hydrogen) atoms. The first-order valence-electron chi connectivity index (χ1n) is 10.2. The highest BCUT2D eigenvalue weighted by atomic mass is 16.6. The van der Waals surface area contributed by atoms with Crippen LogP contribution in [0.1, 0.15) is 52.9 Å². The predicted octanol–water partition coefficient (Wildman–Crippen LogP) is 3.70. The zero-order valence-electron chi connectivity index (χ0n) is 18.2. The number of methoxy groups -OCH3 is 1. The van der Waals surface area contributed by atoms with Gasteiger partial charge < -0.3 is 15.0 Å². The number of hydrogen-bond acceptors (Lipinski definition) is 5. The van der Waals surface area contributed by atoms with Crippen LogP contribution in [0.4, 0.5) is 5.69 Å². The van der Waals surface area contributed by atoms with Gasteiger partial charge in [-0.05, 0) is 51.8 Å². The van der Waals surface area contributed by atoms with Crippen molar-refractivity contribution in [3.63, 3.8) is 0 Å². The van der Waals surface area contributed by atoms with E-state index in [0.717, 1.165) is 17.5 Å². The van der Waals surface area contributed by atoms with Crippen LogP contribution in [0.25, 0.3) is 0 Å². The Morgan fingerprint density at radius 1 is 1.23 bits per heavy atom. The summed E-state index contributed by atoms with van der Waals surface area (Å²) in [5.41, 5.74) is 2.65. The van der Waals surface area contributed by atoms with Crippen LogP contribution in [-0.2, 0) is 4.79 Å². The average Bonchev–Trinajstić information content (AvgIpc) is 3.22. The SMILES string of the molecule is COc1ccc(C)cc1[C@@H](C)NC(=O)[C@@H]1CCCN1C(=O)c1ccc([N+](=O)[O-])c(C)c1. The lowest BCUT2D eigenvalue weighted by molar-refractivity contribution is -0.385. The third-order valence-electron chi connectivity index (χ3n) is 5.67. The van der Waals surface area contributed by atoms with Crippen LogP contribution in [0.2, 0.25) is 0 Å². The fraction of sp³-hybridized carbons (Fsp3) is 0.391. The summed E-state index contributed by atoms with van der Waals surface area (Å²) in [5.74, 6) is 0.177. The van der Waals surface area contributed by atoms with E-state index in [1.807, 2.05) is 32.0 Å². The van der Waals surface area contributed by atoms with Crippen LogP contribution in [0.5, 0.6) is 5.75 Å². The van der Waals surface area contributed by atoms with Crippen molar-refractivity contribution < 1.29 is 19.2 Å². The van der Waals surface area contributed by atoms with Gasteiger partial charge in [0.15, 0.2) is 0 Å². The maximum Gasteiger partial charge on any atom is 0.272 e. The number of carbonyl (C=O) groups excluding carboxylic acids is 2. The maximum absolute atomic E-state index is 13.1. The number of aryl methyl sites for hydroxylation is 2. The number of nitrogens with one attached hydrogen (secondary N) is 1. The number of nitro groups is 1. The molecule has 0 bridgehead atoms. The lowest BCUT2D eigenvalue weighted by Crippen LogP contribution is -2.46. The van der Waals surface area contributed by atoms with Gasteiger partial charge in [0.25, 0.3) is 11.6 Å². The molecule has 3 rings (SSSR count). The summed E-state index contributed by atoms with van der Waals surface area (Å²) in [6.45, 7) is 5.92. The lowest BCUT2D eigenvalue weighted by Gasteiger charge is -2.26. The van der Waals surface area contributed by atoms with Crippen molar-refractivity contribution in [1.82, 2.24) is 10.2 Å². The number of likely N-dealkylation sites (tertiary alicyclic amines) is 1. The lowest BCUT2D eigenvalue weighted by atomic mass is 10.0. The molecule has 1 aliphatic rings. The largest absolute Gasteiger partial charge is 0.496 e. The van der Waals surface area contributed by atoms with Gasteiger partial charge in [-0.15, -0.1) is 0 Å². The minimum Gasteiger partial charge on any atom is -0.496 e. The Hall–Kier alpha value is -3.42. The molecule has 0 spiro atoms. The fourth-order valence-corrected chi connectivity index (χ4v) is 4.02. The van der Waals surface area contributed by atoms with E-state index in [2.05, 4.69) is 5.32 Å². The van der Waals surface area contributed by atoms with Crippen molar-refractivity contribution in [3.05, 3.63) is 68.8 Å². The first-order valence-corrected chi connectivity index (χ1v) is 10.2. The number of carbonyl (C=O) groups is 2. The molecular formula is C23H27N3O5. The van der Waals surface area contributed by atoms with Gasteiger partial charge in [-0.25, -0.2) is 0 Å². The number of hydrogen-bond donors (Lipinski definition) is 1. The number of benzene rings is 2. The van der Waals surface area contributed by atoms with Crippen molar-refractivity contribution in [1.29, 1.82) is 0 Å². The minimum absolute atomic E-state index is 0.0341. The molecule has 0 radical (unpaired) electrons. The first kappa shape index (κ1) is 22.3. The molecule has 0 aromatic heterocycles. The summed E-state index contributed by atoms with van der Waals surface area (Å²) >= 11 is 0. The number of amides is 2. The normalized spacial score (nSPS) is 16.6. The second kappa shape index (κ2) is 9.16. The zero-order valence-corrected chi connectivity index (χ0v) is 18.2. The van der Waals surface area contributed by atoms with Crippen LogP contribution in [0, 0.1) is 24.0 Å². The van der Waals surface area contributed by atoms with Crippen molar-refractivity contribution in [2.75, 3.05) is 13.7 Å². The van der Waals surface area contributed by atoms with Crippen molar-refractivity contribution >= 4 is 17.5 Å². The molecule has 1 aliphatic heterocycles. The average molecular weight is 425 g/mol. The van der Waals surface area contributed by atoms with Gasteiger partial charge in [0.2, 0.25) is 5.91 Å². The van der Waals surface area contributed by atoms with Gasteiger partial charge in [0, 0.05) is 29.3 Å². The zero-order chi connectivity index (χ0) is 22.7. The van der Waals surface area contributed by atoms with Crippen molar-refractivity contribution in [2.45, 2.75) is 45.7 Å². The number of nitrogens with zero attached hydrogens (tertiary/aromatic N) is 2. The molecule has 1 saturated heterocycles. The van der Waals surface area contributed by atoms with E-state index in [4.69, 9.17) is 4.74 Å². The van der Waals surface area contributed by atoms with Crippen LogP contribution in [-0.4, -0.2) is 41.3 Å². The minimum atomic E-state index is -0.582. The van der Waals surface area contributed by atoms with E-state index in [1.54, 1.807) is 18.9 Å². The van der Waals surface area contributed by atoms with Crippen molar-refractivity contribution in [2.24, 2.45) is 0 Å². The Morgan fingerprint density at radius 3 is 2.61 bits per heavy atom. The van der Waals surface area contributed by atoms with Crippen LogP contribution in [0.15, 0.2) is 36.4 Å². The highest BCUT2D eigenvalue weighted by molar-refractivity contribution is 5.98. The predicted molar refractivity (Wildman–Crippen MR) is 116 cm³/mol. The quantitative estimate of drug-likeness (QED) is 0.562. The van der Waals surface area contributed by atoms with Gasteiger partial charge in [0.1, 0.15) is 11.8 Å². The molecule has 2 aromatic rings. The standard InChI is InChI=1S/C23H27N3O5/c1-14-7-10-21(31-4)18(12-14)16(3)24-22(27)20-6-5-11-25(20)23(28)17-8-9-19(26(29)30)15(2)13-17/h7-10,12-13,16,20H,5-6,11H2,1-4H3,(H,24,27)/t16-,20+/m1/s1. The molecule has 2 atom stereocenters. The molecule has 8 heteroatoms. The maximum atomic E-state index is 13.1. The molecular weight excluding hydrogens is 398 g/mol. The van der Waals surface area contributed by atoms with Crippen LogP contribution in [0.3, 0.4) is 0 Å². The van der Waals surface area contributed by atoms with Gasteiger partial charge >= 0.3 is 0 Å². The van der Waals surface area contributed by atoms with Gasteiger partial charge in [-0.3, -0.25) is 19.7 Å². The number of rotatable bonds is 6.